The van der Waals surface area contributed by atoms with Gasteiger partial charge < -0.3 is 10.1 Å². The number of ether oxygens (including phenoxy) is 1. The van der Waals surface area contributed by atoms with Gasteiger partial charge in [-0.1, -0.05) is 6.92 Å². The molecular weight excluding hydrogens is 238 g/mol. The number of thiophene rings is 1. The molecule has 0 saturated carbocycles. The monoisotopic (exact) mass is 255 g/mol. The number of nitrogens with one attached hydrogen (secondary N) is 1. The van der Waals surface area contributed by atoms with Crippen LogP contribution >= 0.6 is 11.3 Å². The van der Waals surface area contributed by atoms with Crippen molar-refractivity contribution in [2.75, 3.05) is 11.9 Å². The van der Waals surface area contributed by atoms with Crippen molar-refractivity contribution in [1.82, 2.24) is 0 Å². The van der Waals surface area contributed by atoms with E-state index in [1.165, 1.54) is 11.3 Å². The van der Waals surface area contributed by atoms with Crippen molar-refractivity contribution in [3.05, 3.63) is 16.5 Å². The third kappa shape index (κ3) is 3.85. The van der Waals surface area contributed by atoms with Crippen LogP contribution in [0.5, 0.6) is 0 Å². The van der Waals surface area contributed by atoms with Crippen LogP contribution in [0.4, 0.5) is 5.00 Å². The van der Waals surface area contributed by atoms with Gasteiger partial charge in [-0.2, -0.15) is 0 Å². The SMILES string of the molecule is CCCC(=O)Nc1cc(C)c(C(=O)OCC)s1. The number of rotatable bonds is 5. The largest absolute Gasteiger partial charge is 0.462 e. The Labute approximate surface area is 105 Å². The lowest BCUT2D eigenvalue weighted by Crippen LogP contribution is -2.09. The highest BCUT2D eigenvalue weighted by atomic mass is 32.1. The fourth-order valence-corrected chi connectivity index (χ4v) is 2.35. The van der Waals surface area contributed by atoms with Gasteiger partial charge >= 0.3 is 5.97 Å². The second kappa shape index (κ2) is 6.39. The summed E-state index contributed by atoms with van der Waals surface area (Å²) in [4.78, 5) is 23.5. The molecule has 0 saturated heterocycles. The first-order chi connectivity index (χ1) is 8.08. The number of carbonyl (C=O) groups is 2. The summed E-state index contributed by atoms with van der Waals surface area (Å²) in [6.07, 6.45) is 1.30. The van der Waals surface area contributed by atoms with Gasteiger partial charge in [0, 0.05) is 6.42 Å². The van der Waals surface area contributed by atoms with E-state index in [1.54, 1.807) is 13.0 Å². The van der Waals surface area contributed by atoms with Crippen LogP contribution in [0.2, 0.25) is 0 Å². The molecule has 1 aromatic rings. The quantitative estimate of drug-likeness (QED) is 0.823. The maximum atomic E-state index is 11.6. The molecule has 1 amide bonds. The van der Waals surface area contributed by atoms with Crippen LogP contribution in [0.3, 0.4) is 0 Å². The van der Waals surface area contributed by atoms with E-state index in [-0.39, 0.29) is 11.9 Å². The van der Waals surface area contributed by atoms with E-state index >= 15 is 0 Å². The highest BCUT2D eigenvalue weighted by molar-refractivity contribution is 7.18. The molecule has 0 unspecified atom stereocenters. The first-order valence-corrected chi connectivity index (χ1v) is 6.47. The standard InChI is InChI=1S/C12H17NO3S/c1-4-6-9(14)13-10-7-8(3)11(17-10)12(15)16-5-2/h7H,4-6H2,1-3H3,(H,13,14). The first-order valence-electron chi connectivity index (χ1n) is 5.65. The highest BCUT2D eigenvalue weighted by Crippen LogP contribution is 2.27. The summed E-state index contributed by atoms with van der Waals surface area (Å²) >= 11 is 1.26. The number of aryl methyl sites for hydroxylation is 1. The van der Waals surface area contributed by atoms with Crippen LogP contribution in [-0.2, 0) is 9.53 Å². The zero-order valence-electron chi connectivity index (χ0n) is 10.3. The molecular formula is C12H17NO3S. The molecule has 17 heavy (non-hydrogen) atoms. The maximum absolute atomic E-state index is 11.6. The average molecular weight is 255 g/mol. The van der Waals surface area contributed by atoms with Gasteiger partial charge in [-0.05, 0) is 31.9 Å². The Balaban J connectivity index is 2.74. The molecule has 0 spiro atoms. The van der Waals surface area contributed by atoms with Gasteiger partial charge in [0.1, 0.15) is 4.88 Å². The molecule has 94 valence electrons. The predicted molar refractivity (Wildman–Crippen MR) is 68.6 cm³/mol. The van der Waals surface area contributed by atoms with Crippen LogP contribution < -0.4 is 5.32 Å². The summed E-state index contributed by atoms with van der Waals surface area (Å²) in [7, 11) is 0. The minimum absolute atomic E-state index is 0.0239. The van der Waals surface area contributed by atoms with E-state index in [9.17, 15) is 9.59 Å². The summed E-state index contributed by atoms with van der Waals surface area (Å²) in [5.74, 6) is -0.352. The normalized spacial score (nSPS) is 10.1. The fraction of sp³-hybridized carbons (Fsp3) is 0.500. The summed E-state index contributed by atoms with van der Waals surface area (Å²) in [5, 5.41) is 3.47. The third-order valence-electron chi connectivity index (χ3n) is 2.12. The zero-order chi connectivity index (χ0) is 12.8. The Morgan fingerprint density at radius 3 is 2.71 bits per heavy atom. The van der Waals surface area contributed by atoms with Crippen LogP contribution in [0.25, 0.3) is 0 Å². The van der Waals surface area contributed by atoms with Gasteiger partial charge in [-0.25, -0.2) is 4.79 Å². The molecule has 1 rings (SSSR count). The molecule has 0 aromatic carbocycles. The van der Waals surface area contributed by atoms with Gasteiger partial charge in [-0.15, -0.1) is 11.3 Å². The summed E-state index contributed by atoms with van der Waals surface area (Å²) in [5.41, 5.74) is 0.834. The van der Waals surface area contributed by atoms with E-state index in [0.29, 0.717) is 22.9 Å². The van der Waals surface area contributed by atoms with Crippen molar-refractivity contribution in [2.45, 2.75) is 33.6 Å². The molecule has 0 atom stereocenters. The van der Waals surface area contributed by atoms with Crippen molar-refractivity contribution in [1.29, 1.82) is 0 Å². The van der Waals surface area contributed by atoms with Crippen LogP contribution in [0, 0.1) is 6.92 Å². The number of hydrogen-bond acceptors (Lipinski definition) is 4. The number of carbonyl (C=O) groups excluding carboxylic acids is 2. The van der Waals surface area contributed by atoms with Crippen LogP contribution in [0.1, 0.15) is 41.9 Å². The van der Waals surface area contributed by atoms with E-state index in [4.69, 9.17) is 4.74 Å². The molecule has 0 aliphatic rings. The number of hydrogen-bond donors (Lipinski definition) is 1. The lowest BCUT2D eigenvalue weighted by Gasteiger charge is -2.00. The number of anilines is 1. The molecule has 0 aliphatic heterocycles. The lowest BCUT2D eigenvalue weighted by molar-refractivity contribution is -0.116. The smallest absolute Gasteiger partial charge is 0.348 e. The van der Waals surface area contributed by atoms with E-state index in [1.807, 2.05) is 13.8 Å². The Kier molecular flexibility index (Phi) is 5.15. The van der Waals surface area contributed by atoms with Crippen molar-refractivity contribution in [3.63, 3.8) is 0 Å². The molecule has 1 N–H and O–H groups in total. The van der Waals surface area contributed by atoms with Crippen molar-refractivity contribution in [3.8, 4) is 0 Å². The van der Waals surface area contributed by atoms with Crippen molar-refractivity contribution < 1.29 is 14.3 Å². The molecule has 0 bridgehead atoms. The molecule has 5 heteroatoms. The Hall–Kier alpha value is -1.36. The highest BCUT2D eigenvalue weighted by Gasteiger charge is 2.15. The summed E-state index contributed by atoms with van der Waals surface area (Å²) in [6.45, 7) is 5.90. The number of esters is 1. The fourth-order valence-electron chi connectivity index (χ4n) is 1.37. The minimum atomic E-state index is -0.328. The minimum Gasteiger partial charge on any atom is -0.462 e. The van der Waals surface area contributed by atoms with Gasteiger partial charge in [0.15, 0.2) is 0 Å². The topological polar surface area (TPSA) is 55.4 Å². The second-order valence-electron chi connectivity index (χ2n) is 3.64. The van der Waals surface area contributed by atoms with Gasteiger partial charge in [-0.3, -0.25) is 4.79 Å². The molecule has 0 radical (unpaired) electrons. The number of amides is 1. The molecule has 1 aromatic heterocycles. The lowest BCUT2D eigenvalue weighted by atomic mass is 10.3. The maximum Gasteiger partial charge on any atom is 0.348 e. The Morgan fingerprint density at radius 1 is 1.41 bits per heavy atom. The van der Waals surface area contributed by atoms with Crippen molar-refractivity contribution >= 4 is 28.2 Å². The summed E-state index contributed by atoms with van der Waals surface area (Å²) < 4.78 is 4.93. The molecule has 0 fully saturated rings. The van der Waals surface area contributed by atoms with Crippen molar-refractivity contribution in [2.24, 2.45) is 0 Å². The summed E-state index contributed by atoms with van der Waals surface area (Å²) in [6, 6.07) is 1.80. The van der Waals surface area contributed by atoms with E-state index < -0.39 is 0 Å². The second-order valence-corrected chi connectivity index (χ2v) is 4.69. The van der Waals surface area contributed by atoms with Gasteiger partial charge in [0.25, 0.3) is 0 Å². The van der Waals surface area contributed by atoms with E-state index in [0.717, 1.165) is 12.0 Å². The molecule has 4 nitrogen and oxygen atoms in total. The molecule has 0 aliphatic carbocycles. The van der Waals surface area contributed by atoms with E-state index in [2.05, 4.69) is 5.32 Å². The predicted octanol–water partition coefficient (Wildman–Crippen LogP) is 2.97. The Bertz CT molecular complexity index is 412. The van der Waals surface area contributed by atoms with Crippen LogP contribution in [0.15, 0.2) is 6.07 Å². The Morgan fingerprint density at radius 2 is 2.12 bits per heavy atom. The van der Waals surface area contributed by atoms with Crippen LogP contribution in [-0.4, -0.2) is 18.5 Å². The third-order valence-corrected chi connectivity index (χ3v) is 3.25. The molecule has 1 heterocycles. The van der Waals surface area contributed by atoms with Gasteiger partial charge in [0.05, 0.1) is 11.6 Å². The zero-order valence-corrected chi connectivity index (χ0v) is 11.1. The average Bonchev–Trinajstić information content (AvgIpc) is 2.60. The first kappa shape index (κ1) is 13.7. The van der Waals surface area contributed by atoms with Gasteiger partial charge in [0.2, 0.25) is 5.91 Å².